The maximum atomic E-state index is 8.53. The lowest BCUT2D eigenvalue weighted by molar-refractivity contribution is -0.00000251. The Kier molecular flexibility index (Phi) is 4.82. The SMILES string of the molecule is CCNc1ccccc1[N+]#N.[Cl-]. The molecular formula is C8H10ClN3. The molecule has 1 aromatic carbocycles. The number of hydrogen-bond donors (Lipinski definition) is 1. The van der Waals surface area contributed by atoms with Crippen molar-refractivity contribution < 1.29 is 12.4 Å². The van der Waals surface area contributed by atoms with Gasteiger partial charge in [0.15, 0.2) is 4.98 Å². The predicted molar refractivity (Wildman–Crippen MR) is 45.3 cm³/mol. The van der Waals surface area contributed by atoms with Crippen molar-refractivity contribution in [2.24, 2.45) is 0 Å². The number of benzene rings is 1. The molecular weight excluding hydrogens is 174 g/mol. The van der Waals surface area contributed by atoms with E-state index in [0.717, 1.165) is 12.2 Å². The van der Waals surface area contributed by atoms with Crippen LogP contribution < -0.4 is 17.7 Å². The number of nitrogens with one attached hydrogen (secondary N) is 1. The maximum absolute atomic E-state index is 8.53. The Labute approximate surface area is 77.8 Å². The summed E-state index contributed by atoms with van der Waals surface area (Å²) in [6.07, 6.45) is 0. The molecule has 0 atom stereocenters. The van der Waals surface area contributed by atoms with Crippen molar-refractivity contribution in [3.63, 3.8) is 0 Å². The van der Waals surface area contributed by atoms with E-state index in [-0.39, 0.29) is 12.4 Å². The lowest BCUT2D eigenvalue weighted by Crippen LogP contribution is -3.00. The molecule has 0 bridgehead atoms. The summed E-state index contributed by atoms with van der Waals surface area (Å²) >= 11 is 0. The van der Waals surface area contributed by atoms with Gasteiger partial charge in [-0.1, -0.05) is 12.1 Å². The minimum atomic E-state index is 0. The molecule has 12 heavy (non-hydrogen) atoms. The first-order valence-electron chi connectivity index (χ1n) is 3.56. The fourth-order valence-corrected chi connectivity index (χ4v) is 0.901. The van der Waals surface area contributed by atoms with Crippen molar-refractivity contribution in [1.82, 2.24) is 0 Å². The van der Waals surface area contributed by atoms with Gasteiger partial charge >= 0.3 is 5.69 Å². The van der Waals surface area contributed by atoms with Crippen molar-refractivity contribution in [2.45, 2.75) is 6.92 Å². The van der Waals surface area contributed by atoms with Crippen LogP contribution >= 0.6 is 0 Å². The Hall–Kier alpha value is -1.27. The molecule has 0 fully saturated rings. The molecule has 0 heterocycles. The zero-order chi connectivity index (χ0) is 8.10. The van der Waals surface area contributed by atoms with Gasteiger partial charge < -0.3 is 17.7 Å². The molecule has 0 saturated heterocycles. The highest BCUT2D eigenvalue weighted by atomic mass is 35.5. The summed E-state index contributed by atoms with van der Waals surface area (Å²) in [6, 6.07) is 7.35. The van der Waals surface area contributed by atoms with Crippen LogP contribution in [-0.2, 0) is 0 Å². The molecule has 0 amide bonds. The zero-order valence-electron chi connectivity index (χ0n) is 6.79. The smallest absolute Gasteiger partial charge is 0.407 e. The van der Waals surface area contributed by atoms with Gasteiger partial charge in [-0.2, -0.15) is 0 Å². The molecule has 1 N–H and O–H groups in total. The number of hydrogen-bond acceptors (Lipinski definition) is 2. The Bertz CT molecular complexity index is 280. The van der Waals surface area contributed by atoms with Crippen LogP contribution in [-0.4, -0.2) is 6.54 Å². The average Bonchev–Trinajstić information content (AvgIpc) is 2.06. The summed E-state index contributed by atoms with van der Waals surface area (Å²) in [4.78, 5) is 3.13. The van der Waals surface area contributed by atoms with Gasteiger partial charge in [0.05, 0.1) is 0 Å². The standard InChI is InChI=1S/C8H10N3.ClH/c1-2-10-7-5-3-4-6-8(7)11-9;/h3-6,10H,2H2,1H3;1H/q+1;/p-1. The highest BCUT2D eigenvalue weighted by Gasteiger charge is 2.09. The lowest BCUT2D eigenvalue weighted by atomic mass is 10.3. The van der Waals surface area contributed by atoms with E-state index in [1.54, 1.807) is 6.07 Å². The molecule has 64 valence electrons. The van der Waals surface area contributed by atoms with E-state index in [2.05, 4.69) is 10.3 Å². The Balaban J connectivity index is 0.00000121. The van der Waals surface area contributed by atoms with Gasteiger partial charge in [0.2, 0.25) is 5.39 Å². The van der Waals surface area contributed by atoms with Gasteiger partial charge in [-0.3, -0.25) is 0 Å². The largest absolute Gasteiger partial charge is 1.00 e. The van der Waals surface area contributed by atoms with Crippen LogP contribution in [0.1, 0.15) is 6.92 Å². The number of para-hydroxylation sites is 1. The molecule has 1 aromatic rings. The second-order valence-corrected chi connectivity index (χ2v) is 2.15. The van der Waals surface area contributed by atoms with Gasteiger partial charge in [-0.15, -0.1) is 0 Å². The Morgan fingerprint density at radius 1 is 1.42 bits per heavy atom. The molecule has 0 saturated carbocycles. The monoisotopic (exact) mass is 183 g/mol. The van der Waals surface area contributed by atoms with E-state index in [4.69, 9.17) is 5.39 Å². The zero-order valence-corrected chi connectivity index (χ0v) is 7.54. The normalized spacial score (nSPS) is 8.00. The first-order chi connectivity index (χ1) is 5.38. The number of anilines is 1. The second kappa shape index (κ2) is 5.39. The van der Waals surface area contributed by atoms with Crippen LogP contribution in [0.4, 0.5) is 11.4 Å². The summed E-state index contributed by atoms with van der Waals surface area (Å²) < 4.78 is 0. The summed E-state index contributed by atoms with van der Waals surface area (Å²) in [5.41, 5.74) is 1.44. The highest BCUT2D eigenvalue weighted by Crippen LogP contribution is 2.23. The van der Waals surface area contributed by atoms with Crippen molar-refractivity contribution in [3.8, 4) is 0 Å². The van der Waals surface area contributed by atoms with E-state index < -0.39 is 0 Å². The molecule has 1 rings (SSSR count). The van der Waals surface area contributed by atoms with E-state index >= 15 is 0 Å². The van der Waals surface area contributed by atoms with Gasteiger partial charge in [0.25, 0.3) is 0 Å². The van der Waals surface area contributed by atoms with Crippen LogP contribution in [0, 0.1) is 5.39 Å². The molecule has 0 aliphatic heterocycles. The number of diazo groups is 1. The van der Waals surface area contributed by atoms with Crippen molar-refractivity contribution >= 4 is 11.4 Å². The highest BCUT2D eigenvalue weighted by molar-refractivity contribution is 5.68. The number of halogens is 1. The summed E-state index contributed by atoms with van der Waals surface area (Å²) in [5, 5.41) is 11.6. The second-order valence-electron chi connectivity index (χ2n) is 2.15. The third-order valence-electron chi connectivity index (χ3n) is 1.38. The number of rotatable bonds is 2. The van der Waals surface area contributed by atoms with E-state index in [9.17, 15) is 0 Å². The lowest BCUT2D eigenvalue weighted by Gasteiger charge is -1.96. The topological polar surface area (TPSA) is 40.2 Å². The van der Waals surface area contributed by atoms with Crippen LogP contribution in [0.5, 0.6) is 0 Å². The first kappa shape index (κ1) is 10.7. The molecule has 0 spiro atoms. The van der Waals surface area contributed by atoms with E-state index in [1.165, 1.54) is 0 Å². The predicted octanol–water partition coefficient (Wildman–Crippen LogP) is -0.393. The fraction of sp³-hybridized carbons (Fsp3) is 0.250. The summed E-state index contributed by atoms with van der Waals surface area (Å²) in [6.45, 7) is 2.82. The first-order valence-corrected chi connectivity index (χ1v) is 3.56. The van der Waals surface area contributed by atoms with Gasteiger partial charge in [-0.25, -0.2) is 0 Å². The number of nitrogens with zero attached hydrogens (tertiary/aromatic N) is 2. The molecule has 0 radical (unpaired) electrons. The molecule has 0 aromatic heterocycles. The Morgan fingerprint density at radius 2 is 2.08 bits per heavy atom. The molecule has 4 heteroatoms. The van der Waals surface area contributed by atoms with Crippen LogP contribution in [0.3, 0.4) is 0 Å². The van der Waals surface area contributed by atoms with E-state index in [1.807, 2.05) is 25.1 Å². The minimum absolute atomic E-state index is 0. The average molecular weight is 184 g/mol. The van der Waals surface area contributed by atoms with Crippen LogP contribution in [0.15, 0.2) is 24.3 Å². The molecule has 0 unspecified atom stereocenters. The van der Waals surface area contributed by atoms with Gasteiger partial charge in [0.1, 0.15) is 5.69 Å². The Morgan fingerprint density at radius 3 is 2.67 bits per heavy atom. The third kappa shape index (κ3) is 2.40. The molecule has 0 aliphatic carbocycles. The van der Waals surface area contributed by atoms with Crippen LogP contribution in [0.25, 0.3) is 4.98 Å². The third-order valence-corrected chi connectivity index (χ3v) is 1.38. The van der Waals surface area contributed by atoms with Crippen LogP contribution in [0.2, 0.25) is 0 Å². The minimum Gasteiger partial charge on any atom is -1.00 e. The van der Waals surface area contributed by atoms with Crippen molar-refractivity contribution in [1.29, 1.82) is 5.39 Å². The molecule has 3 nitrogen and oxygen atoms in total. The van der Waals surface area contributed by atoms with Gasteiger partial charge in [0, 0.05) is 12.6 Å². The summed E-state index contributed by atoms with van der Waals surface area (Å²) in [5.74, 6) is 0. The van der Waals surface area contributed by atoms with Crippen molar-refractivity contribution in [3.05, 3.63) is 29.2 Å². The fourth-order valence-electron chi connectivity index (χ4n) is 0.901. The van der Waals surface area contributed by atoms with Gasteiger partial charge in [-0.05, 0) is 13.0 Å². The van der Waals surface area contributed by atoms with Crippen molar-refractivity contribution in [2.75, 3.05) is 11.9 Å². The summed E-state index contributed by atoms with van der Waals surface area (Å²) in [7, 11) is 0. The maximum Gasteiger partial charge on any atom is 0.407 e. The molecule has 0 aliphatic rings. The quantitative estimate of drug-likeness (QED) is 0.635. The van der Waals surface area contributed by atoms with E-state index in [0.29, 0.717) is 5.69 Å².